The van der Waals surface area contributed by atoms with Crippen molar-refractivity contribution in [3.63, 3.8) is 0 Å². The molecule has 172 valence electrons. The Hall–Kier alpha value is -3.74. The second-order valence-electron chi connectivity index (χ2n) is 8.54. The van der Waals surface area contributed by atoms with Gasteiger partial charge in [0.15, 0.2) is 17.1 Å². The molecule has 5 amide bonds. The molecule has 1 unspecified atom stereocenters. The zero-order valence-electron chi connectivity index (χ0n) is 17.3. The first-order valence-corrected chi connectivity index (χ1v) is 10.4. The predicted molar refractivity (Wildman–Crippen MR) is 107 cm³/mol. The van der Waals surface area contributed by atoms with Crippen molar-refractivity contribution >= 4 is 46.4 Å². The van der Waals surface area contributed by atoms with E-state index in [0.717, 1.165) is 0 Å². The Morgan fingerprint density at radius 3 is 2.67 bits per heavy atom. The number of urea groups is 1. The lowest BCUT2D eigenvalue weighted by Crippen LogP contribution is -2.73. The van der Waals surface area contributed by atoms with Gasteiger partial charge in [-0.15, -0.1) is 0 Å². The van der Waals surface area contributed by atoms with Gasteiger partial charge in [0.1, 0.15) is 6.61 Å². The lowest BCUT2D eigenvalue weighted by molar-refractivity contribution is -0.149. The van der Waals surface area contributed by atoms with Crippen molar-refractivity contribution in [2.75, 3.05) is 36.1 Å². The largest absolute Gasteiger partial charge is 0.447 e. The van der Waals surface area contributed by atoms with E-state index < -0.39 is 41.2 Å². The third-order valence-corrected chi connectivity index (χ3v) is 6.71. The van der Waals surface area contributed by atoms with E-state index in [0.29, 0.717) is 5.56 Å². The molecule has 4 aliphatic heterocycles. The summed E-state index contributed by atoms with van der Waals surface area (Å²) in [6.07, 6.45) is -1.12. The number of anilines is 2. The van der Waals surface area contributed by atoms with Crippen LogP contribution in [0.2, 0.25) is 0 Å². The number of nitrogens with zero attached hydrogens (tertiary/aromatic N) is 3. The first-order valence-electron chi connectivity index (χ1n) is 10.4. The van der Waals surface area contributed by atoms with Gasteiger partial charge in [0, 0.05) is 13.0 Å². The molecule has 1 aromatic heterocycles. The van der Waals surface area contributed by atoms with Gasteiger partial charge in [-0.1, -0.05) is 5.16 Å². The van der Waals surface area contributed by atoms with Crippen molar-refractivity contribution in [2.24, 2.45) is 5.41 Å². The Morgan fingerprint density at radius 1 is 1.21 bits per heavy atom. The van der Waals surface area contributed by atoms with Crippen molar-refractivity contribution in [1.82, 2.24) is 15.8 Å². The second kappa shape index (κ2) is 6.63. The fraction of sp³-hybridized carbons (Fsp3) is 0.450. The predicted octanol–water partition coefficient (Wildman–Crippen LogP) is 0.426. The molecule has 2 aromatic rings. The smallest absolute Gasteiger partial charge is 0.415 e. The SMILES string of the molecule is C[C@@H]1CN2c3c(cc4c(N5CCOC5=O)noc4c3F)CC3(C(=O)NC(=O)NC3=O)C2CO1. The number of carbonyl (C=O) groups excluding carboxylic acids is 4. The second-order valence-corrected chi connectivity index (χ2v) is 8.54. The number of aromatic nitrogens is 1. The van der Waals surface area contributed by atoms with Crippen LogP contribution in [0.5, 0.6) is 0 Å². The van der Waals surface area contributed by atoms with E-state index in [-0.39, 0.29) is 61.3 Å². The van der Waals surface area contributed by atoms with Crippen LogP contribution in [0, 0.1) is 11.2 Å². The highest BCUT2D eigenvalue weighted by atomic mass is 19.1. The molecule has 12 nitrogen and oxygen atoms in total. The maximum atomic E-state index is 15.9. The van der Waals surface area contributed by atoms with Gasteiger partial charge in [0.05, 0.1) is 36.4 Å². The number of fused-ring (bicyclic) bond motifs is 5. The minimum absolute atomic E-state index is 0.0195. The van der Waals surface area contributed by atoms with Crippen molar-refractivity contribution in [3.8, 4) is 0 Å². The fourth-order valence-corrected chi connectivity index (χ4v) is 5.20. The highest BCUT2D eigenvalue weighted by molar-refractivity contribution is 6.20. The number of morpholine rings is 1. The maximum Gasteiger partial charge on any atom is 0.415 e. The number of cyclic esters (lactones) is 1. The van der Waals surface area contributed by atoms with E-state index in [9.17, 15) is 19.2 Å². The standard InChI is InChI=1S/C20H18FN5O7/c1-8-6-26-11(7-32-8)20(16(27)22-18(29)23-17(20)28)5-9-4-10-14(12(21)13(9)26)33-24-15(10)25-2-3-31-19(25)30/h4,8,11H,2-3,5-7H2,1H3,(H2,22,23,27,28,29)/t8-,11?/m1/s1. The minimum atomic E-state index is -1.72. The molecule has 33 heavy (non-hydrogen) atoms. The topological polar surface area (TPSA) is 143 Å². The summed E-state index contributed by atoms with van der Waals surface area (Å²) in [5.41, 5.74) is -1.34. The van der Waals surface area contributed by atoms with Crippen LogP contribution in [-0.2, 0) is 25.5 Å². The fourth-order valence-electron chi connectivity index (χ4n) is 5.20. The van der Waals surface area contributed by atoms with E-state index in [4.69, 9.17) is 14.0 Å². The van der Waals surface area contributed by atoms with E-state index in [1.807, 2.05) is 0 Å². The highest BCUT2D eigenvalue weighted by Gasteiger charge is 2.61. The molecule has 2 atom stereocenters. The molecule has 5 heterocycles. The van der Waals surface area contributed by atoms with Crippen LogP contribution in [0.4, 0.5) is 25.5 Å². The Bertz CT molecular complexity index is 1240. The van der Waals surface area contributed by atoms with Crippen LogP contribution >= 0.6 is 0 Å². The number of halogens is 1. The molecule has 0 bridgehead atoms. The van der Waals surface area contributed by atoms with Crippen molar-refractivity contribution < 1.29 is 37.6 Å². The molecule has 1 aromatic carbocycles. The Labute approximate surface area is 184 Å². The first-order chi connectivity index (χ1) is 15.8. The van der Waals surface area contributed by atoms with Gasteiger partial charge in [-0.25, -0.2) is 14.0 Å². The molecule has 0 radical (unpaired) electrons. The summed E-state index contributed by atoms with van der Waals surface area (Å²) in [6, 6.07) is -0.189. The minimum Gasteiger partial charge on any atom is -0.447 e. The summed E-state index contributed by atoms with van der Waals surface area (Å²) in [6.45, 7) is 2.36. The van der Waals surface area contributed by atoms with Gasteiger partial charge < -0.3 is 18.9 Å². The monoisotopic (exact) mass is 459 g/mol. The maximum absolute atomic E-state index is 15.9. The molecule has 1 spiro atoms. The number of carbonyl (C=O) groups is 4. The summed E-state index contributed by atoms with van der Waals surface area (Å²) in [5, 5.41) is 8.44. The molecule has 3 fully saturated rings. The lowest BCUT2D eigenvalue weighted by Gasteiger charge is -2.52. The van der Waals surface area contributed by atoms with Crippen LogP contribution in [0.3, 0.4) is 0 Å². The van der Waals surface area contributed by atoms with Crippen LogP contribution in [0.1, 0.15) is 12.5 Å². The molecule has 6 rings (SSSR count). The number of barbiturate groups is 1. The Morgan fingerprint density at radius 2 is 1.97 bits per heavy atom. The van der Waals surface area contributed by atoms with Crippen LogP contribution in [-0.4, -0.2) is 67.5 Å². The van der Waals surface area contributed by atoms with Crippen LogP contribution in [0.15, 0.2) is 10.6 Å². The Kier molecular flexibility index (Phi) is 4.00. The summed E-state index contributed by atoms with van der Waals surface area (Å²) in [4.78, 5) is 52.8. The quantitative estimate of drug-likeness (QED) is 0.580. The Balaban J connectivity index is 1.56. The summed E-state index contributed by atoms with van der Waals surface area (Å²) in [5.74, 6) is -2.17. The van der Waals surface area contributed by atoms with Gasteiger partial charge in [0.2, 0.25) is 17.4 Å². The highest BCUT2D eigenvalue weighted by Crippen LogP contribution is 2.48. The third-order valence-electron chi connectivity index (χ3n) is 6.71. The lowest BCUT2D eigenvalue weighted by atomic mass is 9.68. The zero-order chi connectivity index (χ0) is 23.1. The van der Waals surface area contributed by atoms with Gasteiger partial charge in [-0.2, -0.15) is 0 Å². The number of hydrogen-bond acceptors (Lipinski definition) is 9. The molecular formula is C20H18FN5O7. The molecule has 0 saturated carbocycles. The number of imide groups is 2. The van der Waals surface area contributed by atoms with Crippen LogP contribution < -0.4 is 20.4 Å². The number of ether oxygens (including phenoxy) is 2. The van der Waals surface area contributed by atoms with Gasteiger partial charge in [0.25, 0.3) is 0 Å². The average Bonchev–Trinajstić information content (AvgIpc) is 3.37. The zero-order valence-corrected chi connectivity index (χ0v) is 17.3. The molecule has 13 heteroatoms. The summed E-state index contributed by atoms with van der Waals surface area (Å²) in [7, 11) is 0. The van der Waals surface area contributed by atoms with Crippen LogP contribution in [0.25, 0.3) is 11.0 Å². The molecule has 2 N–H and O–H groups in total. The van der Waals surface area contributed by atoms with E-state index in [1.54, 1.807) is 17.9 Å². The number of rotatable bonds is 1. The molecule has 3 saturated heterocycles. The van der Waals surface area contributed by atoms with Gasteiger partial charge in [-0.05, 0) is 18.6 Å². The van der Waals surface area contributed by atoms with Gasteiger partial charge >= 0.3 is 12.1 Å². The molecule has 0 aliphatic carbocycles. The number of nitrogens with one attached hydrogen (secondary N) is 2. The molecule has 4 aliphatic rings. The third kappa shape index (κ3) is 2.56. The van der Waals surface area contributed by atoms with E-state index in [1.165, 1.54) is 4.90 Å². The average molecular weight is 459 g/mol. The first kappa shape index (κ1) is 19.9. The van der Waals surface area contributed by atoms with E-state index >= 15 is 4.39 Å². The number of amides is 5. The van der Waals surface area contributed by atoms with E-state index in [2.05, 4.69) is 15.8 Å². The molecular weight excluding hydrogens is 441 g/mol. The number of benzene rings is 1. The normalized spacial score (nSPS) is 26.2. The summed E-state index contributed by atoms with van der Waals surface area (Å²) < 4.78 is 31.8. The number of hydrogen-bond donors (Lipinski definition) is 2. The van der Waals surface area contributed by atoms with Crippen molar-refractivity contribution in [3.05, 3.63) is 17.4 Å². The van der Waals surface area contributed by atoms with Gasteiger partial charge in [-0.3, -0.25) is 25.1 Å². The van der Waals surface area contributed by atoms with Crippen molar-refractivity contribution in [2.45, 2.75) is 25.5 Å². The van der Waals surface area contributed by atoms with Crippen molar-refractivity contribution in [1.29, 1.82) is 0 Å². The summed E-state index contributed by atoms with van der Waals surface area (Å²) >= 11 is 0.